The van der Waals surface area contributed by atoms with E-state index in [0.29, 0.717) is 29.4 Å². The van der Waals surface area contributed by atoms with Crippen LogP contribution in [0.3, 0.4) is 0 Å². The summed E-state index contributed by atoms with van der Waals surface area (Å²) in [5.74, 6) is 0.786. The van der Waals surface area contributed by atoms with Crippen molar-refractivity contribution < 1.29 is 14.3 Å². The van der Waals surface area contributed by atoms with E-state index in [1.54, 1.807) is 24.3 Å². The molecule has 33 heavy (non-hydrogen) atoms. The lowest BCUT2D eigenvalue weighted by molar-refractivity contribution is 0.0955. The molecule has 2 aromatic carbocycles. The Morgan fingerprint density at radius 2 is 1.85 bits per heavy atom. The Morgan fingerprint density at radius 1 is 1.06 bits per heavy atom. The molecular weight excluding hydrogens is 414 g/mol. The minimum absolute atomic E-state index is 0.0607. The van der Waals surface area contributed by atoms with Crippen LogP contribution in [0.1, 0.15) is 37.6 Å². The third-order valence-corrected chi connectivity index (χ3v) is 5.92. The molecule has 2 N–H and O–H groups in total. The Bertz CT molecular complexity index is 1380. The first kappa shape index (κ1) is 22.3. The summed E-state index contributed by atoms with van der Waals surface area (Å²) in [4.78, 5) is 25.1. The summed E-state index contributed by atoms with van der Waals surface area (Å²) in [6, 6.07) is 16.9. The number of hydrogen-bond donors (Lipinski definition) is 2. The van der Waals surface area contributed by atoms with E-state index < -0.39 is 0 Å². The van der Waals surface area contributed by atoms with Gasteiger partial charge in [0, 0.05) is 40.8 Å². The number of amides is 1. The van der Waals surface area contributed by atoms with Crippen LogP contribution in [0.4, 0.5) is 0 Å². The zero-order valence-corrected chi connectivity index (χ0v) is 19.0. The van der Waals surface area contributed by atoms with Crippen LogP contribution in [-0.4, -0.2) is 17.6 Å². The highest BCUT2D eigenvalue weighted by atomic mass is 16.3. The normalized spacial score (nSPS) is 11.9. The maximum atomic E-state index is 13.2. The van der Waals surface area contributed by atoms with Gasteiger partial charge in [-0.1, -0.05) is 43.7 Å². The van der Waals surface area contributed by atoms with Crippen LogP contribution in [0, 0.1) is 5.92 Å². The molecule has 0 saturated heterocycles. The highest BCUT2D eigenvalue weighted by molar-refractivity contribution is 6.09. The van der Waals surface area contributed by atoms with Crippen molar-refractivity contribution in [2.24, 2.45) is 5.92 Å². The highest BCUT2D eigenvalue weighted by Gasteiger charge is 2.21. The summed E-state index contributed by atoms with van der Waals surface area (Å²) in [5.41, 5.74) is 4.35. The second kappa shape index (κ2) is 9.33. The lowest BCUT2D eigenvalue weighted by Crippen LogP contribution is -2.24. The van der Waals surface area contributed by atoms with Gasteiger partial charge in [-0.05, 0) is 55.2 Å². The van der Waals surface area contributed by atoms with Crippen molar-refractivity contribution in [3.63, 3.8) is 0 Å². The van der Waals surface area contributed by atoms with E-state index in [-0.39, 0.29) is 17.1 Å². The summed E-state index contributed by atoms with van der Waals surface area (Å²) in [5, 5.41) is 13.7. The number of nitrogens with one attached hydrogen (secondary N) is 1. The number of phenolic OH excluding ortho intramolecular Hbond substituents is 1. The minimum Gasteiger partial charge on any atom is -0.508 e. The quantitative estimate of drug-likeness (QED) is 0.219. The van der Waals surface area contributed by atoms with Crippen LogP contribution >= 0.6 is 0 Å². The van der Waals surface area contributed by atoms with E-state index in [4.69, 9.17) is 4.42 Å². The van der Waals surface area contributed by atoms with Gasteiger partial charge in [-0.2, -0.15) is 0 Å². The molecule has 1 aliphatic carbocycles. The maximum absolute atomic E-state index is 13.2. The summed E-state index contributed by atoms with van der Waals surface area (Å²) < 4.78 is 5.92. The SMILES string of the molecule is C/C(=C\CCNC(=O)c1ccccc1-c1c2ccc(=O)cc-2oc2cc(O)ccc12)C(C)C. The van der Waals surface area contributed by atoms with Crippen LogP contribution < -0.4 is 10.7 Å². The van der Waals surface area contributed by atoms with Gasteiger partial charge >= 0.3 is 0 Å². The van der Waals surface area contributed by atoms with E-state index in [1.165, 1.54) is 23.8 Å². The molecule has 0 radical (unpaired) electrons. The van der Waals surface area contributed by atoms with Gasteiger partial charge in [0.05, 0.1) is 0 Å². The van der Waals surface area contributed by atoms with Gasteiger partial charge in [-0.15, -0.1) is 0 Å². The summed E-state index contributed by atoms with van der Waals surface area (Å²) in [6.45, 7) is 6.94. The predicted molar refractivity (Wildman–Crippen MR) is 132 cm³/mol. The van der Waals surface area contributed by atoms with Gasteiger partial charge in [-0.25, -0.2) is 0 Å². The summed E-state index contributed by atoms with van der Waals surface area (Å²) in [6.07, 6.45) is 2.92. The van der Waals surface area contributed by atoms with Crippen molar-refractivity contribution in [3.05, 3.63) is 88.1 Å². The first-order valence-corrected chi connectivity index (χ1v) is 11.1. The molecule has 0 atom stereocenters. The number of benzene rings is 3. The standard InChI is InChI=1S/C28H27NO4/c1-17(2)18(3)7-6-14-29-28(32)22-9-5-4-8-21(22)27-23-12-10-19(30)15-25(23)33-26-16-20(31)11-13-24(26)27/h4-5,7-13,15-17,30H,6,14H2,1-3H3,(H,29,32)/b18-7+. The monoisotopic (exact) mass is 441 g/mol. The highest BCUT2D eigenvalue weighted by Crippen LogP contribution is 2.41. The van der Waals surface area contributed by atoms with Gasteiger partial charge in [0.15, 0.2) is 5.43 Å². The molecule has 5 nitrogen and oxygen atoms in total. The summed E-state index contributed by atoms with van der Waals surface area (Å²) in [7, 11) is 0. The van der Waals surface area contributed by atoms with E-state index in [1.807, 2.05) is 18.2 Å². The molecule has 168 valence electrons. The smallest absolute Gasteiger partial charge is 0.251 e. The number of fused-ring (bicyclic) bond motifs is 2. The number of allylic oxidation sites excluding steroid dienone is 1. The van der Waals surface area contributed by atoms with Crippen LogP contribution in [0.15, 0.2) is 81.5 Å². The number of rotatable bonds is 6. The Morgan fingerprint density at radius 3 is 2.64 bits per heavy atom. The Hall–Kier alpha value is -3.86. The lowest BCUT2D eigenvalue weighted by atomic mass is 9.90. The number of carbonyl (C=O) groups excluding carboxylic acids is 1. The molecule has 0 bridgehead atoms. The van der Waals surface area contributed by atoms with Crippen molar-refractivity contribution in [2.75, 3.05) is 6.54 Å². The Labute approximate surface area is 192 Å². The van der Waals surface area contributed by atoms with E-state index in [0.717, 1.165) is 28.5 Å². The third-order valence-electron chi connectivity index (χ3n) is 5.92. The maximum Gasteiger partial charge on any atom is 0.251 e. The molecule has 0 saturated carbocycles. The van der Waals surface area contributed by atoms with Gasteiger partial charge in [0.25, 0.3) is 5.91 Å². The number of hydrogen-bond acceptors (Lipinski definition) is 4. The van der Waals surface area contributed by atoms with Crippen molar-refractivity contribution in [3.8, 4) is 28.2 Å². The first-order chi connectivity index (χ1) is 15.8. The molecule has 4 rings (SSSR count). The first-order valence-electron chi connectivity index (χ1n) is 11.1. The second-order valence-corrected chi connectivity index (χ2v) is 8.51. The fourth-order valence-corrected chi connectivity index (χ4v) is 3.86. The van der Waals surface area contributed by atoms with E-state index in [2.05, 4.69) is 32.2 Å². The molecule has 0 fully saturated rings. The van der Waals surface area contributed by atoms with Gasteiger partial charge < -0.3 is 14.8 Å². The van der Waals surface area contributed by atoms with Crippen molar-refractivity contribution in [2.45, 2.75) is 27.2 Å². The lowest BCUT2D eigenvalue weighted by Gasteiger charge is -2.17. The van der Waals surface area contributed by atoms with Crippen molar-refractivity contribution >= 4 is 16.9 Å². The fraction of sp³-hybridized carbons (Fsp3) is 0.214. The van der Waals surface area contributed by atoms with Crippen molar-refractivity contribution in [1.29, 1.82) is 0 Å². The van der Waals surface area contributed by atoms with Gasteiger partial charge in [0.2, 0.25) is 0 Å². The number of aromatic hydroxyl groups is 1. The van der Waals surface area contributed by atoms with Gasteiger partial charge in [0.1, 0.15) is 17.1 Å². The molecule has 1 aliphatic heterocycles. The molecule has 1 heterocycles. The Balaban J connectivity index is 1.79. The average Bonchev–Trinajstić information content (AvgIpc) is 2.79. The third kappa shape index (κ3) is 4.67. The van der Waals surface area contributed by atoms with Crippen LogP contribution in [-0.2, 0) is 0 Å². The molecule has 5 heteroatoms. The summed E-state index contributed by atoms with van der Waals surface area (Å²) >= 11 is 0. The average molecular weight is 442 g/mol. The van der Waals surface area contributed by atoms with Crippen LogP contribution in [0.2, 0.25) is 0 Å². The van der Waals surface area contributed by atoms with Crippen LogP contribution in [0.25, 0.3) is 33.4 Å². The number of carbonyl (C=O) groups is 1. The molecule has 1 amide bonds. The molecule has 0 spiro atoms. The van der Waals surface area contributed by atoms with Crippen LogP contribution in [0.5, 0.6) is 5.75 Å². The second-order valence-electron chi connectivity index (χ2n) is 8.51. The fourth-order valence-electron chi connectivity index (χ4n) is 3.86. The molecular formula is C28H27NO4. The topological polar surface area (TPSA) is 79.5 Å². The molecule has 0 unspecified atom stereocenters. The molecule has 2 aromatic rings. The largest absolute Gasteiger partial charge is 0.508 e. The predicted octanol–water partition coefficient (Wildman–Crippen LogP) is 5.99. The molecule has 0 aromatic heterocycles. The number of phenols is 1. The molecule has 2 aliphatic rings. The minimum atomic E-state index is -0.174. The van der Waals surface area contributed by atoms with E-state index >= 15 is 0 Å². The van der Waals surface area contributed by atoms with Gasteiger partial charge in [-0.3, -0.25) is 9.59 Å². The zero-order chi connectivity index (χ0) is 23.5. The van der Waals surface area contributed by atoms with E-state index in [9.17, 15) is 14.7 Å². The Kier molecular flexibility index (Phi) is 6.31. The zero-order valence-electron chi connectivity index (χ0n) is 19.0. The van der Waals surface area contributed by atoms with Crippen molar-refractivity contribution in [1.82, 2.24) is 5.32 Å².